The molecule has 9 heteroatoms. The Hall–Kier alpha value is -3.91. The molecule has 3 aromatic rings. The van der Waals surface area contributed by atoms with E-state index in [0.29, 0.717) is 22.1 Å². The number of methoxy groups -OCH3 is 1. The second-order valence-corrected chi connectivity index (χ2v) is 7.85. The van der Waals surface area contributed by atoms with Crippen LogP contribution in [-0.4, -0.2) is 40.9 Å². The fraction of sp³-hybridized carbons (Fsp3) is 0.167. The molecule has 1 saturated heterocycles. The summed E-state index contributed by atoms with van der Waals surface area (Å²) in [4.78, 5) is 45.9. The summed E-state index contributed by atoms with van der Waals surface area (Å²) >= 11 is 5.89. The maximum absolute atomic E-state index is 13.3. The van der Waals surface area contributed by atoms with Crippen molar-refractivity contribution in [3.05, 3.63) is 83.6 Å². The quantitative estimate of drug-likeness (QED) is 0.531. The Balaban J connectivity index is 1.59. The fourth-order valence-corrected chi connectivity index (χ4v) is 3.72. The van der Waals surface area contributed by atoms with Crippen molar-refractivity contribution in [2.75, 3.05) is 17.3 Å². The van der Waals surface area contributed by atoms with E-state index in [4.69, 9.17) is 16.3 Å². The number of urea groups is 1. The van der Waals surface area contributed by atoms with Gasteiger partial charge in [-0.15, -0.1) is 0 Å². The van der Waals surface area contributed by atoms with Crippen molar-refractivity contribution >= 4 is 40.8 Å². The van der Waals surface area contributed by atoms with Crippen molar-refractivity contribution in [2.45, 2.75) is 19.0 Å². The van der Waals surface area contributed by atoms with Gasteiger partial charge in [-0.25, -0.2) is 9.69 Å². The van der Waals surface area contributed by atoms with Crippen molar-refractivity contribution in [3.63, 3.8) is 0 Å². The summed E-state index contributed by atoms with van der Waals surface area (Å²) in [5.74, 6) is -0.263. The number of halogens is 1. The van der Waals surface area contributed by atoms with Gasteiger partial charge in [-0.1, -0.05) is 17.7 Å². The van der Waals surface area contributed by atoms with Crippen LogP contribution in [0.1, 0.15) is 12.0 Å². The molecule has 0 aliphatic carbocycles. The van der Waals surface area contributed by atoms with Crippen LogP contribution in [0.5, 0.6) is 5.75 Å². The van der Waals surface area contributed by atoms with Crippen LogP contribution in [0.2, 0.25) is 5.02 Å². The van der Waals surface area contributed by atoms with Gasteiger partial charge in [0.2, 0.25) is 5.91 Å². The zero-order valence-corrected chi connectivity index (χ0v) is 18.5. The number of ether oxygens (including phenoxy) is 1. The lowest BCUT2D eigenvalue weighted by Gasteiger charge is -2.21. The molecule has 1 atom stereocenters. The monoisotopic (exact) mass is 464 g/mol. The van der Waals surface area contributed by atoms with Gasteiger partial charge < -0.3 is 15.0 Å². The van der Waals surface area contributed by atoms with Crippen LogP contribution >= 0.6 is 11.6 Å². The Morgan fingerprint density at radius 2 is 1.82 bits per heavy atom. The van der Waals surface area contributed by atoms with Gasteiger partial charge in [0.05, 0.1) is 19.2 Å². The van der Waals surface area contributed by atoms with Crippen molar-refractivity contribution in [2.24, 2.45) is 0 Å². The summed E-state index contributed by atoms with van der Waals surface area (Å²) in [6, 6.07) is 15.3. The fourth-order valence-electron chi connectivity index (χ4n) is 3.59. The minimum atomic E-state index is -0.966. The average Bonchev–Trinajstić information content (AvgIpc) is 3.05. The van der Waals surface area contributed by atoms with Gasteiger partial charge >= 0.3 is 6.03 Å². The number of nitrogens with zero attached hydrogens (tertiary/aromatic N) is 3. The van der Waals surface area contributed by atoms with E-state index in [1.54, 1.807) is 67.0 Å². The Morgan fingerprint density at radius 3 is 2.45 bits per heavy atom. The molecule has 0 bridgehead atoms. The average molecular weight is 465 g/mol. The zero-order chi connectivity index (χ0) is 23.4. The van der Waals surface area contributed by atoms with E-state index in [1.807, 2.05) is 6.07 Å². The maximum atomic E-state index is 13.3. The number of imide groups is 1. The Kier molecular flexibility index (Phi) is 6.55. The van der Waals surface area contributed by atoms with Crippen LogP contribution in [0.25, 0.3) is 0 Å². The number of hydrogen-bond acceptors (Lipinski definition) is 5. The third-order valence-electron chi connectivity index (χ3n) is 5.23. The van der Waals surface area contributed by atoms with Gasteiger partial charge in [0.15, 0.2) is 0 Å². The molecule has 1 fully saturated rings. The molecule has 4 amide bonds. The number of aromatic nitrogens is 1. The predicted octanol–water partition coefficient (Wildman–Crippen LogP) is 4.11. The van der Waals surface area contributed by atoms with E-state index < -0.39 is 23.9 Å². The van der Waals surface area contributed by atoms with Gasteiger partial charge in [0.1, 0.15) is 11.8 Å². The maximum Gasteiger partial charge on any atom is 0.332 e. The Bertz CT molecular complexity index is 1150. The molecule has 1 N–H and O–H groups in total. The lowest BCUT2D eigenvalue weighted by molar-refractivity contribution is -0.124. The Labute approximate surface area is 195 Å². The molecule has 8 nitrogen and oxygen atoms in total. The van der Waals surface area contributed by atoms with Crippen molar-refractivity contribution in [1.29, 1.82) is 0 Å². The predicted molar refractivity (Wildman–Crippen MR) is 124 cm³/mol. The molecule has 2 heterocycles. The zero-order valence-electron chi connectivity index (χ0n) is 17.8. The minimum absolute atomic E-state index is 0.143. The highest BCUT2D eigenvalue weighted by atomic mass is 35.5. The number of benzene rings is 2. The van der Waals surface area contributed by atoms with E-state index in [9.17, 15) is 14.4 Å². The second-order valence-electron chi connectivity index (χ2n) is 7.42. The molecule has 0 unspecified atom stereocenters. The molecule has 0 spiro atoms. The van der Waals surface area contributed by atoms with Crippen LogP contribution < -0.4 is 15.0 Å². The molecule has 4 rings (SSSR count). The summed E-state index contributed by atoms with van der Waals surface area (Å²) in [5.41, 5.74) is 1.70. The van der Waals surface area contributed by atoms with E-state index >= 15 is 0 Å². The van der Waals surface area contributed by atoms with Gasteiger partial charge in [-0.3, -0.25) is 14.6 Å². The molecule has 168 valence electrons. The van der Waals surface area contributed by atoms with E-state index in [0.717, 1.165) is 10.5 Å². The number of amides is 4. The van der Waals surface area contributed by atoms with Crippen LogP contribution in [0.4, 0.5) is 16.2 Å². The lowest BCUT2D eigenvalue weighted by atomic mass is 10.1. The standard InChI is InChI=1S/C24H21ClN4O4/c1-33-20-10-8-19(9-11-20)29-23(31)21(13-22(30)27-18-6-4-17(25)5-7-18)28(24(29)32)15-16-3-2-12-26-14-16/h2-12,14,21H,13,15H2,1H3,(H,27,30)/t21-/m1/s1. The van der Waals surface area contributed by atoms with Crippen molar-refractivity contribution in [3.8, 4) is 5.75 Å². The summed E-state index contributed by atoms with van der Waals surface area (Å²) < 4.78 is 5.16. The largest absolute Gasteiger partial charge is 0.497 e. The van der Waals surface area contributed by atoms with E-state index in [-0.39, 0.29) is 13.0 Å². The van der Waals surface area contributed by atoms with Gasteiger partial charge in [0, 0.05) is 29.6 Å². The number of anilines is 2. The highest BCUT2D eigenvalue weighted by molar-refractivity contribution is 6.30. The smallest absolute Gasteiger partial charge is 0.332 e. The highest BCUT2D eigenvalue weighted by Crippen LogP contribution is 2.29. The summed E-state index contributed by atoms with van der Waals surface area (Å²) in [5, 5.41) is 3.29. The third-order valence-corrected chi connectivity index (χ3v) is 5.48. The van der Waals surface area contributed by atoms with Crippen LogP contribution in [-0.2, 0) is 16.1 Å². The number of nitrogens with one attached hydrogen (secondary N) is 1. The van der Waals surface area contributed by atoms with Crippen LogP contribution in [0, 0.1) is 0 Å². The van der Waals surface area contributed by atoms with Crippen molar-refractivity contribution in [1.82, 2.24) is 9.88 Å². The molecular weight excluding hydrogens is 444 g/mol. The molecule has 1 aromatic heterocycles. The molecule has 0 saturated carbocycles. The molecule has 1 aliphatic heterocycles. The molecular formula is C24H21ClN4O4. The number of hydrogen-bond donors (Lipinski definition) is 1. The molecule has 2 aromatic carbocycles. The summed E-state index contributed by atoms with van der Waals surface area (Å²) in [6.45, 7) is 0.143. The molecule has 0 radical (unpaired) electrons. The van der Waals surface area contributed by atoms with Crippen LogP contribution in [0.3, 0.4) is 0 Å². The van der Waals surface area contributed by atoms with Gasteiger partial charge in [-0.2, -0.15) is 0 Å². The first-order valence-electron chi connectivity index (χ1n) is 10.2. The second kappa shape index (κ2) is 9.70. The SMILES string of the molecule is COc1ccc(N2C(=O)[C@@H](CC(=O)Nc3ccc(Cl)cc3)N(Cc3cccnc3)C2=O)cc1. The number of carbonyl (C=O) groups is 3. The third kappa shape index (κ3) is 4.96. The number of carbonyl (C=O) groups excluding carboxylic acids is 3. The normalized spacial score (nSPS) is 15.6. The highest BCUT2D eigenvalue weighted by Gasteiger charge is 2.46. The summed E-state index contributed by atoms with van der Waals surface area (Å²) in [6.07, 6.45) is 3.06. The van der Waals surface area contributed by atoms with E-state index in [1.165, 1.54) is 12.0 Å². The van der Waals surface area contributed by atoms with Gasteiger partial charge in [-0.05, 0) is 60.2 Å². The first-order valence-corrected chi connectivity index (χ1v) is 10.6. The molecule has 33 heavy (non-hydrogen) atoms. The first-order chi connectivity index (χ1) is 16.0. The lowest BCUT2D eigenvalue weighted by Crippen LogP contribution is -2.37. The molecule has 1 aliphatic rings. The number of rotatable bonds is 7. The summed E-state index contributed by atoms with van der Waals surface area (Å²) in [7, 11) is 1.53. The minimum Gasteiger partial charge on any atom is -0.497 e. The number of pyridine rings is 1. The topological polar surface area (TPSA) is 91.8 Å². The van der Waals surface area contributed by atoms with Crippen LogP contribution in [0.15, 0.2) is 73.1 Å². The Morgan fingerprint density at radius 1 is 1.09 bits per heavy atom. The van der Waals surface area contributed by atoms with Gasteiger partial charge in [0.25, 0.3) is 5.91 Å². The van der Waals surface area contributed by atoms with E-state index in [2.05, 4.69) is 10.3 Å². The first kappa shape index (κ1) is 22.3. The van der Waals surface area contributed by atoms with Crippen molar-refractivity contribution < 1.29 is 19.1 Å².